The van der Waals surface area contributed by atoms with Crippen molar-refractivity contribution < 1.29 is 4.74 Å². The van der Waals surface area contributed by atoms with Gasteiger partial charge < -0.3 is 4.74 Å². The number of benzene rings is 2. The summed E-state index contributed by atoms with van der Waals surface area (Å²) < 4.78 is 5.25. The third-order valence-corrected chi connectivity index (χ3v) is 3.03. The van der Waals surface area contributed by atoms with Crippen LogP contribution in [0.3, 0.4) is 0 Å². The Kier molecular flexibility index (Phi) is 2.45. The van der Waals surface area contributed by atoms with Crippen LogP contribution in [0.4, 0.5) is 0 Å². The van der Waals surface area contributed by atoms with Gasteiger partial charge in [-0.3, -0.25) is 4.79 Å². The molecule has 0 aliphatic heterocycles. The molecule has 0 atom stereocenters. The van der Waals surface area contributed by atoms with Gasteiger partial charge in [-0.25, -0.2) is 4.98 Å². The molecular weight excluding hydrogens is 226 g/mol. The van der Waals surface area contributed by atoms with Gasteiger partial charge in [-0.05, 0) is 22.2 Å². The molecule has 0 bridgehead atoms. The minimum atomic E-state index is -0.344. The Balaban J connectivity index is 2.68. The fourth-order valence-corrected chi connectivity index (χ4v) is 2.22. The lowest BCUT2D eigenvalue weighted by atomic mass is 10.0. The second-order valence-corrected chi connectivity index (χ2v) is 4.03. The normalized spacial score (nSPS) is 10.7. The minimum Gasteiger partial charge on any atom is -0.491 e. The van der Waals surface area contributed by atoms with Gasteiger partial charge in [0.1, 0.15) is 0 Å². The van der Waals surface area contributed by atoms with Crippen LogP contribution < -0.4 is 10.3 Å². The maximum atomic E-state index is 11.9. The molecule has 0 radical (unpaired) electrons. The van der Waals surface area contributed by atoms with Gasteiger partial charge in [0.2, 0.25) is 0 Å². The largest absolute Gasteiger partial charge is 0.491 e. The molecule has 18 heavy (non-hydrogen) atoms. The van der Waals surface area contributed by atoms with Gasteiger partial charge in [0.25, 0.3) is 0 Å². The molecule has 0 spiro atoms. The van der Waals surface area contributed by atoms with E-state index in [2.05, 4.69) is 4.98 Å². The molecule has 0 amide bonds. The summed E-state index contributed by atoms with van der Waals surface area (Å²) >= 11 is 0. The van der Waals surface area contributed by atoms with E-state index >= 15 is 0 Å². The summed E-state index contributed by atoms with van der Waals surface area (Å²) in [5.41, 5.74) is -0.344. The second-order valence-electron chi connectivity index (χ2n) is 4.03. The van der Waals surface area contributed by atoms with Crippen LogP contribution in [0.1, 0.15) is 0 Å². The Morgan fingerprint density at radius 1 is 1.00 bits per heavy atom. The van der Waals surface area contributed by atoms with Crippen molar-refractivity contribution in [3.63, 3.8) is 0 Å². The highest BCUT2D eigenvalue weighted by Crippen LogP contribution is 2.29. The van der Waals surface area contributed by atoms with Crippen molar-refractivity contribution in [3.8, 4) is 5.75 Å². The van der Waals surface area contributed by atoms with Crippen molar-refractivity contribution in [2.45, 2.75) is 0 Å². The number of hydrogen-bond donors (Lipinski definition) is 0. The van der Waals surface area contributed by atoms with Gasteiger partial charge in [-0.1, -0.05) is 36.4 Å². The van der Waals surface area contributed by atoms with Crippen LogP contribution in [0, 0.1) is 0 Å². The lowest BCUT2D eigenvalue weighted by Crippen LogP contribution is -2.05. The third-order valence-electron chi connectivity index (χ3n) is 3.03. The van der Waals surface area contributed by atoms with E-state index < -0.39 is 0 Å². The fraction of sp³-hybridized carbons (Fsp3) is 0.0667. The summed E-state index contributed by atoms with van der Waals surface area (Å²) in [7, 11) is 1.50. The maximum absolute atomic E-state index is 11.9. The summed E-state index contributed by atoms with van der Waals surface area (Å²) in [6, 6.07) is 13.7. The second kappa shape index (κ2) is 4.11. The van der Waals surface area contributed by atoms with E-state index in [-0.39, 0.29) is 5.56 Å². The van der Waals surface area contributed by atoms with E-state index in [4.69, 9.17) is 4.74 Å². The minimum absolute atomic E-state index is 0.298. The maximum Gasteiger partial charge on any atom is 0.312 e. The SMILES string of the molecule is COc1c(=O)nccc2ccc3ccccc3c12. The van der Waals surface area contributed by atoms with Gasteiger partial charge in [0.05, 0.1) is 7.11 Å². The Morgan fingerprint density at radius 2 is 1.78 bits per heavy atom. The van der Waals surface area contributed by atoms with Crippen molar-refractivity contribution in [1.82, 2.24) is 4.98 Å². The van der Waals surface area contributed by atoms with E-state index in [1.807, 2.05) is 42.5 Å². The zero-order chi connectivity index (χ0) is 12.5. The van der Waals surface area contributed by atoms with E-state index in [1.54, 1.807) is 0 Å². The molecule has 3 heteroatoms. The average Bonchev–Trinajstić information content (AvgIpc) is 2.57. The van der Waals surface area contributed by atoms with Crippen LogP contribution >= 0.6 is 0 Å². The first-order valence-corrected chi connectivity index (χ1v) is 5.66. The van der Waals surface area contributed by atoms with Crippen LogP contribution in [-0.2, 0) is 0 Å². The highest BCUT2D eigenvalue weighted by molar-refractivity contribution is 6.09. The molecule has 88 valence electrons. The molecule has 0 saturated carbocycles. The predicted octanol–water partition coefficient (Wildman–Crippen LogP) is 2.76. The molecular formula is C15H11NO2. The van der Waals surface area contributed by atoms with Crippen molar-refractivity contribution >= 4 is 21.5 Å². The topological polar surface area (TPSA) is 39.2 Å². The Bertz CT molecular complexity index is 797. The quantitative estimate of drug-likeness (QED) is 0.653. The summed E-state index contributed by atoms with van der Waals surface area (Å²) in [5, 5.41) is 3.84. The van der Waals surface area contributed by atoms with Crippen molar-refractivity contribution in [1.29, 1.82) is 0 Å². The van der Waals surface area contributed by atoms with E-state index in [0.717, 1.165) is 21.5 Å². The van der Waals surface area contributed by atoms with Crippen molar-refractivity contribution in [2.75, 3.05) is 7.11 Å². The molecule has 0 unspecified atom stereocenters. The van der Waals surface area contributed by atoms with E-state index in [1.165, 1.54) is 13.3 Å². The lowest BCUT2D eigenvalue weighted by molar-refractivity contribution is 0.414. The van der Waals surface area contributed by atoms with E-state index in [9.17, 15) is 4.79 Å². The molecule has 1 heterocycles. The number of aromatic nitrogens is 1. The number of ether oxygens (including phenoxy) is 1. The first-order valence-electron chi connectivity index (χ1n) is 5.66. The Labute approximate surface area is 104 Å². The molecule has 3 nitrogen and oxygen atoms in total. The van der Waals surface area contributed by atoms with Gasteiger partial charge in [0.15, 0.2) is 5.75 Å². The molecule has 3 rings (SSSR count). The van der Waals surface area contributed by atoms with Gasteiger partial charge in [-0.15, -0.1) is 0 Å². The Morgan fingerprint density at radius 3 is 2.61 bits per heavy atom. The monoisotopic (exact) mass is 237 g/mol. The first-order chi connectivity index (χ1) is 8.81. The molecule has 0 aliphatic rings. The van der Waals surface area contributed by atoms with Crippen LogP contribution in [0.25, 0.3) is 21.5 Å². The van der Waals surface area contributed by atoms with Crippen LogP contribution in [-0.4, -0.2) is 12.1 Å². The van der Waals surface area contributed by atoms with E-state index in [0.29, 0.717) is 5.75 Å². The van der Waals surface area contributed by atoms with Gasteiger partial charge in [-0.2, -0.15) is 0 Å². The van der Waals surface area contributed by atoms with Crippen molar-refractivity contribution in [2.24, 2.45) is 0 Å². The fourth-order valence-electron chi connectivity index (χ4n) is 2.22. The van der Waals surface area contributed by atoms with Gasteiger partial charge >= 0.3 is 5.56 Å². The molecule has 1 aromatic heterocycles. The highest BCUT2D eigenvalue weighted by Gasteiger charge is 2.08. The summed E-state index contributed by atoms with van der Waals surface area (Å²) in [5.74, 6) is 0.298. The first kappa shape index (κ1) is 10.7. The number of hydrogen-bond acceptors (Lipinski definition) is 3. The molecule has 0 fully saturated rings. The highest BCUT2D eigenvalue weighted by atomic mass is 16.5. The standard InChI is InChI=1S/C15H11NO2/c1-18-14-13-11(8-9-16-15(14)17)7-6-10-4-2-3-5-12(10)13/h2-9H,1H3. The molecule has 3 aromatic rings. The predicted molar refractivity (Wildman–Crippen MR) is 72.1 cm³/mol. The van der Waals surface area contributed by atoms with Crippen molar-refractivity contribution in [3.05, 3.63) is 59.0 Å². The molecule has 2 aromatic carbocycles. The Hall–Kier alpha value is -2.42. The summed E-state index contributed by atoms with van der Waals surface area (Å²) in [4.78, 5) is 15.7. The molecule has 0 N–H and O–H groups in total. The smallest absolute Gasteiger partial charge is 0.312 e. The number of fused-ring (bicyclic) bond motifs is 3. The molecule has 0 aliphatic carbocycles. The molecule has 0 saturated heterocycles. The third kappa shape index (κ3) is 1.52. The number of methoxy groups -OCH3 is 1. The average molecular weight is 237 g/mol. The van der Waals surface area contributed by atoms with Crippen LogP contribution in [0.15, 0.2) is 53.5 Å². The van der Waals surface area contributed by atoms with Crippen LogP contribution in [0.5, 0.6) is 5.75 Å². The summed E-state index contributed by atoms with van der Waals surface area (Å²) in [6.07, 6.45) is 1.52. The number of rotatable bonds is 1. The number of nitrogens with zero attached hydrogens (tertiary/aromatic N) is 1. The zero-order valence-corrected chi connectivity index (χ0v) is 9.88. The zero-order valence-electron chi connectivity index (χ0n) is 9.88. The van der Waals surface area contributed by atoms with Gasteiger partial charge in [0, 0.05) is 11.6 Å². The van der Waals surface area contributed by atoms with Crippen LogP contribution in [0.2, 0.25) is 0 Å². The lowest BCUT2D eigenvalue weighted by Gasteiger charge is -2.04. The summed E-state index contributed by atoms with van der Waals surface area (Å²) in [6.45, 7) is 0.